The molecular formula is C14H22N2O4S. The van der Waals surface area contributed by atoms with Gasteiger partial charge in [0.25, 0.3) is 5.91 Å². The van der Waals surface area contributed by atoms with Crippen molar-refractivity contribution in [2.75, 3.05) is 17.5 Å². The third kappa shape index (κ3) is 5.73. The van der Waals surface area contributed by atoms with Crippen LogP contribution < -0.4 is 10.0 Å². The van der Waals surface area contributed by atoms with Crippen molar-refractivity contribution in [2.45, 2.75) is 32.3 Å². The fourth-order valence-corrected chi connectivity index (χ4v) is 2.31. The highest BCUT2D eigenvalue weighted by atomic mass is 32.2. The lowest BCUT2D eigenvalue weighted by atomic mass is 9.97. The molecule has 6 nitrogen and oxygen atoms in total. The summed E-state index contributed by atoms with van der Waals surface area (Å²) in [4.78, 5) is 12.0. The molecule has 21 heavy (non-hydrogen) atoms. The first-order chi connectivity index (χ1) is 9.69. The Kier molecular flexibility index (Phi) is 5.74. The lowest BCUT2D eigenvalue weighted by Gasteiger charge is -2.25. The number of hydrogen-bond donors (Lipinski definition) is 3. The van der Waals surface area contributed by atoms with Gasteiger partial charge < -0.3 is 10.4 Å². The molecule has 0 unspecified atom stereocenters. The summed E-state index contributed by atoms with van der Waals surface area (Å²) in [5.74, 6) is -0.304. The molecule has 1 amide bonds. The molecule has 0 aliphatic carbocycles. The van der Waals surface area contributed by atoms with E-state index in [9.17, 15) is 18.3 Å². The van der Waals surface area contributed by atoms with Crippen molar-refractivity contribution in [3.63, 3.8) is 0 Å². The van der Waals surface area contributed by atoms with E-state index in [0.29, 0.717) is 24.1 Å². The summed E-state index contributed by atoms with van der Waals surface area (Å²) in [5, 5.41) is 12.8. The highest BCUT2D eigenvalue weighted by Crippen LogP contribution is 2.14. The Labute approximate surface area is 125 Å². The van der Waals surface area contributed by atoms with Crippen molar-refractivity contribution in [3.8, 4) is 0 Å². The van der Waals surface area contributed by atoms with E-state index in [1.807, 2.05) is 13.8 Å². The minimum atomic E-state index is -3.33. The van der Waals surface area contributed by atoms with E-state index in [4.69, 9.17) is 0 Å². The average Bonchev–Trinajstić information content (AvgIpc) is 2.43. The third-order valence-corrected chi connectivity index (χ3v) is 3.95. The summed E-state index contributed by atoms with van der Waals surface area (Å²) in [6.07, 6.45) is 2.17. The van der Waals surface area contributed by atoms with Crippen molar-refractivity contribution in [1.29, 1.82) is 0 Å². The van der Waals surface area contributed by atoms with E-state index in [0.717, 1.165) is 6.26 Å². The topological polar surface area (TPSA) is 95.5 Å². The van der Waals surface area contributed by atoms with Gasteiger partial charge in [-0.3, -0.25) is 9.52 Å². The van der Waals surface area contributed by atoms with Gasteiger partial charge in [0.2, 0.25) is 10.0 Å². The third-order valence-electron chi connectivity index (χ3n) is 3.34. The quantitative estimate of drug-likeness (QED) is 0.707. The van der Waals surface area contributed by atoms with Crippen LogP contribution in [0.3, 0.4) is 0 Å². The minimum absolute atomic E-state index is 0.183. The maximum absolute atomic E-state index is 12.0. The average molecular weight is 314 g/mol. The smallest absolute Gasteiger partial charge is 0.251 e. The highest BCUT2D eigenvalue weighted by Gasteiger charge is 2.22. The van der Waals surface area contributed by atoms with E-state index >= 15 is 0 Å². The van der Waals surface area contributed by atoms with Gasteiger partial charge in [-0.15, -0.1) is 0 Å². The number of nitrogens with one attached hydrogen (secondary N) is 2. The Balaban J connectivity index is 2.68. The molecule has 0 atom stereocenters. The Morgan fingerprint density at radius 2 is 1.71 bits per heavy atom. The lowest BCUT2D eigenvalue weighted by Crippen LogP contribution is -2.42. The summed E-state index contributed by atoms with van der Waals surface area (Å²) in [6.45, 7) is 3.91. The standard InChI is InChI=1S/C14H22N2O4S/c1-4-14(18,5-2)10-15-13(17)11-6-8-12(9-7-11)16-21(3,19)20/h6-9,16,18H,4-5,10H2,1-3H3,(H,15,17). The van der Waals surface area contributed by atoms with E-state index in [2.05, 4.69) is 10.0 Å². The SMILES string of the molecule is CCC(O)(CC)CNC(=O)c1ccc(NS(C)(=O)=O)cc1. The number of carbonyl (C=O) groups is 1. The second kappa shape index (κ2) is 6.91. The normalized spacial score (nSPS) is 12.0. The van der Waals surface area contributed by atoms with Crippen LogP contribution in [0.1, 0.15) is 37.0 Å². The Morgan fingerprint density at radius 3 is 2.14 bits per heavy atom. The number of aliphatic hydroxyl groups is 1. The van der Waals surface area contributed by atoms with Crippen LogP contribution >= 0.6 is 0 Å². The van der Waals surface area contributed by atoms with Crippen molar-refractivity contribution >= 4 is 21.6 Å². The Bertz CT molecular complexity index is 577. The maximum atomic E-state index is 12.0. The molecule has 7 heteroatoms. The van der Waals surface area contributed by atoms with Gasteiger partial charge in [0.1, 0.15) is 0 Å². The first-order valence-electron chi connectivity index (χ1n) is 6.77. The van der Waals surface area contributed by atoms with Gasteiger partial charge in [-0.1, -0.05) is 13.8 Å². The van der Waals surface area contributed by atoms with Crippen molar-refractivity contribution in [3.05, 3.63) is 29.8 Å². The zero-order valence-corrected chi connectivity index (χ0v) is 13.3. The van der Waals surface area contributed by atoms with Gasteiger partial charge in [-0.25, -0.2) is 8.42 Å². The molecule has 0 bridgehead atoms. The summed E-state index contributed by atoms with van der Waals surface area (Å²) < 4.78 is 24.5. The number of hydrogen-bond acceptors (Lipinski definition) is 4. The molecule has 118 valence electrons. The van der Waals surface area contributed by atoms with Gasteiger partial charge >= 0.3 is 0 Å². The maximum Gasteiger partial charge on any atom is 0.251 e. The summed E-state index contributed by atoms with van der Waals surface area (Å²) in [6, 6.07) is 6.09. The largest absolute Gasteiger partial charge is 0.388 e. The lowest BCUT2D eigenvalue weighted by molar-refractivity contribution is 0.0314. The molecular weight excluding hydrogens is 292 g/mol. The predicted molar refractivity (Wildman–Crippen MR) is 82.8 cm³/mol. The predicted octanol–water partition coefficient (Wildman–Crippen LogP) is 1.34. The van der Waals surface area contributed by atoms with Crippen LogP contribution in [0, 0.1) is 0 Å². The monoisotopic (exact) mass is 314 g/mol. The zero-order valence-electron chi connectivity index (χ0n) is 12.5. The van der Waals surface area contributed by atoms with Crippen LogP contribution in [0.25, 0.3) is 0 Å². The van der Waals surface area contributed by atoms with Crippen LogP contribution in [0.2, 0.25) is 0 Å². The molecule has 0 saturated carbocycles. The van der Waals surface area contributed by atoms with Crippen LogP contribution in [-0.2, 0) is 10.0 Å². The van der Waals surface area contributed by atoms with Crippen LogP contribution in [0.15, 0.2) is 24.3 Å². The molecule has 0 aliphatic rings. The molecule has 0 heterocycles. The Hall–Kier alpha value is -1.60. The molecule has 1 rings (SSSR count). The van der Waals surface area contributed by atoms with Crippen LogP contribution in [0.5, 0.6) is 0 Å². The van der Waals surface area contributed by atoms with E-state index in [-0.39, 0.29) is 12.5 Å². The number of carbonyl (C=O) groups excluding carboxylic acids is 1. The minimum Gasteiger partial charge on any atom is -0.388 e. The molecule has 3 N–H and O–H groups in total. The first-order valence-corrected chi connectivity index (χ1v) is 8.66. The van der Waals surface area contributed by atoms with E-state index in [1.54, 1.807) is 0 Å². The van der Waals surface area contributed by atoms with Crippen molar-refractivity contribution in [1.82, 2.24) is 5.32 Å². The van der Waals surface area contributed by atoms with Crippen LogP contribution in [-0.4, -0.2) is 37.8 Å². The second-order valence-corrected chi connectivity index (χ2v) is 6.81. The molecule has 0 aliphatic heterocycles. The summed E-state index contributed by atoms with van der Waals surface area (Å²) >= 11 is 0. The molecule has 0 spiro atoms. The molecule has 0 saturated heterocycles. The number of sulfonamides is 1. The van der Waals surface area contributed by atoms with Gasteiger partial charge in [0.05, 0.1) is 11.9 Å². The molecule has 0 fully saturated rings. The summed E-state index contributed by atoms with van der Waals surface area (Å²) in [7, 11) is -3.33. The number of anilines is 1. The van der Waals surface area contributed by atoms with Gasteiger partial charge in [0.15, 0.2) is 0 Å². The second-order valence-electron chi connectivity index (χ2n) is 5.07. The van der Waals surface area contributed by atoms with E-state index in [1.165, 1.54) is 24.3 Å². The van der Waals surface area contributed by atoms with Gasteiger partial charge in [0, 0.05) is 17.8 Å². The fraction of sp³-hybridized carbons (Fsp3) is 0.500. The van der Waals surface area contributed by atoms with Gasteiger partial charge in [-0.05, 0) is 37.1 Å². The zero-order chi connectivity index (χ0) is 16.1. The molecule has 1 aromatic rings. The summed E-state index contributed by atoms with van der Waals surface area (Å²) in [5.41, 5.74) is -0.0933. The van der Waals surface area contributed by atoms with E-state index < -0.39 is 15.6 Å². The van der Waals surface area contributed by atoms with Gasteiger partial charge in [-0.2, -0.15) is 0 Å². The van der Waals surface area contributed by atoms with Crippen molar-refractivity contribution in [2.24, 2.45) is 0 Å². The number of benzene rings is 1. The Morgan fingerprint density at radius 1 is 1.19 bits per heavy atom. The molecule has 1 aromatic carbocycles. The first kappa shape index (κ1) is 17.5. The van der Waals surface area contributed by atoms with Crippen molar-refractivity contribution < 1.29 is 18.3 Å². The molecule has 0 radical (unpaired) electrons. The highest BCUT2D eigenvalue weighted by molar-refractivity contribution is 7.92. The fourth-order valence-electron chi connectivity index (χ4n) is 1.75. The number of rotatable bonds is 7. The molecule has 0 aromatic heterocycles. The van der Waals surface area contributed by atoms with Crippen LogP contribution in [0.4, 0.5) is 5.69 Å². The number of amides is 1.